The van der Waals surface area contributed by atoms with Crippen LogP contribution in [0.15, 0.2) is 42.7 Å². The van der Waals surface area contributed by atoms with Gasteiger partial charge in [0.1, 0.15) is 12.4 Å². The molecule has 33 heavy (non-hydrogen) atoms. The highest BCUT2D eigenvalue weighted by atomic mass is 19.1. The predicted octanol–water partition coefficient (Wildman–Crippen LogP) is 4.78. The summed E-state index contributed by atoms with van der Waals surface area (Å²) in [6, 6.07) is 8.05. The number of nitrogens with zero attached hydrogens (tertiary/aromatic N) is 2. The van der Waals surface area contributed by atoms with Gasteiger partial charge in [-0.1, -0.05) is 13.8 Å². The van der Waals surface area contributed by atoms with E-state index in [4.69, 9.17) is 4.74 Å². The van der Waals surface area contributed by atoms with Gasteiger partial charge in [-0.3, -0.25) is 14.6 Å². The second kappa shape index (κ2) is 8.56. The number of amides is 1. The first-order chi connectivity index (χ1) is 15.6. The molecule has 0 radical (unpaired) electrons. The van der Waals surface area contributed by atoms with E-state index >= 15 is 0 Å². The summed E-state index contributed by atoms with van der Waals surface area (Å²) in [4.78, 5) is 36.2. The van der Waals surface area contributed by atoms with Gasteiger partial charge in [0.25, 0.3) is 5.91 Å². The van der Waals surface area contributed by atoms with Crippen LogP contribution in [-0.4, -0.2) is 45.8 Å². The Morgan fingerprint density at radius 2 is 2.03 bits per heavy atom. The molecule has 0 saturated heterocycles. The molecule has 3 heterocycles. The number of aromatic amines is 1. The largest absolute Gasteiger partial charge is 0.371 e. The average Bonchev–Trinajstić information content (AvgIpc) is 3.11. The molecule has 1 N–H and O–H groups in total. The molecule has 0 spiro atoms. The molecule has 6 nitrogen and oxygen atoms in total. The molecule has 3 aromatic rings. The molecule has 1 aromatic carbocycles. The number of benzene rings is 1. The second-order valence-electron chi connectivity index (χ2n) is 9.38. The van der Waals surface area contributed by atoms with E-state index in [9.17, 15) is 14.0 Å². The zero-order valence-electron chi connectivity index (χ0n) is 19.5. The van der Waals surface area contributed by atoms with E-state index in [1.807, 2.05) is 39.8 Å². The Bertz CT molecular complexity index is 1270. The third kappa shape index (κ3) is 4.33. The summed E-state index contributed by atoms with van der Waals surface area (Å²) in [5.74, 6) is -0.904. The quantitative estimate of drug-likeness (QED) is 0.608. The van der Waals surface area contributed by atoms with Crippen molar-refractivity contribution >= 4 is 28.3 Å². The van der Waals surface area contributed by atoms with Gasteiger partial charge in [-0.15, -0.1) is 0 Å². The first kappa shape index (κ1) is 22.9. The minimum Gasteiger partial charge on any atom is -0.371 e. The van der Waals surface area contributed by atoms with Crippen molar-refractivity contribution in [2.75, 3.05) is 13.2 Å². The normalized spacial score (nSPS) is 15.4. The number of aromatic nitrogens is 2. The average molecular weight is 450 g/mol. The number of nitrogens with one attached hydrogen (secondary N) is 1. The van der Waals surface area contributed by atoms with Crippen LogP contribution in [0.1, 0.15) is 54.9 Å². The van der Waals surface area contributed by atoms with Crippen LogP contribution in [0.25, 0.3) is 16.6 Å². The first-order valence-corrected chi connectivity index (χ1v) is 11.0. The van der Waals surface area contributed by atoms with E-state index in [0.717, 1.165) is 16.6 Å². The van der Waals surface area contributed by atoms with Crippen LogP contribution in [-0.2, 0) is 14.9 Å². The van der Waals surface area contributed by atoms with Gasteiger partial charge >= 0.3 is 0 Å². The lowest BCUT2D eigenvalue weighted by Gasteiger charge is -2.29. The molecule has 0 saturated carbocycles. The summed E-state index contributed by atoms with van der Waals surface area (Å²) < 4.78 is 19.4. The van der Waals surface area contributed by atoms with E-state index in [2.05, 4.69) is 9.97 Å². The topological polar surface area (TPSA) is 75.3 Å². The lowest BCUT2D eigenvalue weighted by Crippen LogP contribution is -2.37. The van der Waals surface area contributed by atoms with E-state index in [0.29, 0.717) is 28.9 Å². The zero-order valence-corrected chi connectivity index (χ0v) is 19.5. The molecule has 172 valence electrons. The smallest absolute Gasteiger partial charge is 0.257 e. The number of fused-ring (bicyclic) bond motifs is 3. The Morgan fingerprint density at radius 3 is 2.73 bits per heavy atom. The second-order valence-corrected chi connectivity index (χ2v) is 9.38. The van der Waals surface area contributed by atoms with Crippen molar-refractivity contribution in [2.45, 2.75) is 46.1 Å². The van der Waals surface area contributed by atoms with Gasteiger partial charge in [0, 0.05) is 35.5 Å². The van der Waals surface area contributed by atoms with Crippen LogP contribution >= 0.6 is 0 Å². The number of ketones is 1. The van der Waals surface area contributed by atoms with Gasteiger partial charge in [-0.25, -0.2) is 4.39 Å². The fourth-order valence-electron chi connectivity index (χ4n) is 4.26. The van der Waals surface area contributed by atoms with Crippen molar-refractivity contribution in [1.82, 2.24) is 14.9 Å². The highest BCUT2D eigenvalue weighted by molar-refractivity contribution is 6.22. The van der Waals surface area contributed by atoms with E-state index < -0.39 is 5.41 Å². The number of ether oxygens (including phenoxy) is 1. The number of hydrogen-bond donors (Lipinski definition) is 1. The van der Waals surface area contributed by atoms with E-state index in [1.165, 1.54) is 23.1 Å². The van der Waals surface area contributed by atoms with Crippen LogP contribution in [0.5, 0.6) is 0 Å². The van der Waals surface area contributed by atoms with Crippen molar-refractivity contribution in [2.24, 2.45) is 0 Å². The fourth-order valence-corrected chi connectivity index (χ4v) is 4.26. The summed E-state index contributed by atoms with van der Waals surface area (Å²) in [6.45, 7) is 9.61. The van der Waals surface area contributed by atoms with E-state index in [1.54, 1.807) is 19.3 Å². The number of rotatable bonds is 5. The maximum Gasteiger partial charge on any atom is 0.257 e. The van der Waals surface area contributed by atoms with Crippen LogP contribution in [0.2, 0.25) is 0 Å². The van der Waals surface area contributed by atoms with Crippen molar-refractivity contribution in [3.63, 3.8) is 0 Å². The third-order valence-electron chi connectivity index (χ3n) is 5.86. The standard InChI is InChI=1S/C26H28FN3O3/c1-15(2)33-13-21(31)18-12-30(25(32)17-8-9-19(27)16(3)11-17)14-26(4,5)22-23(18)29-20-7-6-10-28-24(20)22/h6-12,15,29H,13-14H2,1-5H3. The number of aryl methyl sites for hydroxylation is 1. The summed E-state index contributed by atoms with van der Waals surface area (Å²) in [7, 11) is 0. The minimum absolute atomic E-state index is 0.107. The molecule has 0 unspecified atom stereocenters. The van der Waals surface area contributed by atoms with Gasteiger partial charge in [0.2, 0.25) is 0 Å². The van der Waals surface area contributed by atoms with Gasteiger partial charge < -0.3 is 14.6 Å². The molecule has 0 bridgehead atoms. The SMILES string of the molecule is Cc1cc(C(=O)N2C=C(C(=O)COC(C)C)c3[nH]c4cccnc4c3C(C)(C)C2)ccc1F. The number of halogens is 1. The molecular formula is C26H28FN3O3. The summed E-state index contributed by atoms with van der Waals surface area (Å²) in [5, 5.41) is 0. The molecule has 0 aliphatic carbocycles. The molecule has 1 aliphatic heterocycles. The van der Waals surface area contributed by atoms with E-state index in [-0.39, 0.29) is 30.2 Å². The Labute approximate surface area is 192 Å². The van der Waals surface area contributed by atoms with Crippen molar-refractivity contribution in [1.29, 1.82) is 0 Å². The van der Waals surface area contributed by atoms with Crippen LogP contribution in [0.4, 0.5) is 4.39 Å². The van der Waals surface area contributed by atoms with Crippen LogP contribution < -0.4 is 0 Å². The molecule has 2 aromatic heterocycles. The highest BCUT2D eigenvalue weighted by Gasteiger charge is 2.37. The molecule has 0 fully saturated rings. The van der Waals surface area contributed by atoms with Crippen molar-refractivity contribution in [3.8, 4) is 0 Å². The number of H-pyrrole nitrogens is 1. The van der Waals surface area contributed by atoms with Crippen molar-refractivity contribution < 1.29 is 18.7 Å². The number of carbonyl (C=O) groups excluding carboxylic acids is 2. The molecule has 4 rings (SSSR count). The molecule has 0 atom stereocenters. The fraction of sp³-hybridized carbons (Fsp3) is 0.346. The number of pyridine rings is 1. The Morgan fingerprint density at radius 1 is 1.27 bits per heavy atom. The lowest BCUT2D eigenvalue weighted by molar-refractivity contribution is -0.119. The van der Waals surface area contributed by atoms with Gasteiger partial charge in [0.15, 0.2) is 5.78 Å². The Balaban J connectivity index is 1.86. The van der Waals surface area contributed by atoms with Gasteiger partial charge in [0.05, 0.1) is 28.4 Å². The zero-order chi connectivity index (χ0) is 23.9. The highest BCUT2D eigenvalue weighted by Crippen LogP contribution is 2.39. The molecule has 1 amide bonds. The Kier molecular flexibility index (Phi) is 5.93. The lowest BCUT2D eigenvalue weighted by atomic mass is 9.82. The van der Waals surface area contributed by atoms with Crippen molar-refractivity contribution in [3.05, 3.63) is 70.9 Å². The summed E-state index contributed by atoms with van der Waals surface area (Å²) in [5.41, 5.74) is 3.72. The summed E-state index contributed by atoms with van der Waals surface area (Å²) in [6.07, 6.45) is 3.20. The maximum absolute atomic E-state index is 13.8. The molecule has 1 aliphatic rings. The Hall–Kier alpha value is -3.32. The maximum atomic E-state index is 13.8. The van der Waals surface area contributed by atoms with Gasteiger partial charge in [-0.05, 0) is 56.7 Å². The number of Topliss-reactive ketones (excluding diaryl/α,β-unsaturated/α-hetero) is 1. The molecular weight excluding hydrogens is 421 g/mol. The van der Waals surface area contributed by atoms with Crippen LogP contribution in [0.3, 0.4) is 0 Å². The first-order valence-electron chi connectivity index (χ1n) is 11.0. The third-order valence-corrected chi connectivity index (χ3v) is 5.86. The molecule has 7 heteroatoms. The monoisotopic (exact) mass is 449 g/mol. The predicted molar refractivity (Wildman–Crippen MR) is 125 cm³/mol. The summed E-state index contributed by atoms with van der Waals surface area (Å²) >= 11 is 0. The van der Waals surface area contributed by atoms with Crippen LogP contribution in [0, 0.1) is 12.7 Å². The minimum atomic E-state index is -0.524. The number of hydrogen-bond acceptors (Lipinski definition) is 4. The number of carbonyl (C=O) groups is 2. The van der Waals surface area contributed by atoms with Gasteiger partial charge in [-0.2, -0.15) is 0 Å².